The predicted octanol–water partition coefficient (Wildman–Crippen LogP) is 4.63. The van der Waals surface area contributed by atoms with Gasteiger partial charge in [0.05, 0.1) is 7.11 Å². The van der Waals surface area contributed by atoms with E-state index in [0.717, 1.165) is 28.2 Å². The number of fused-ring (bicyclic) bond motifs is 2. The summed E-state index contributed by atoms with van der Waals surface area (Å²) in [6.07, 6.45) is 0.0918. The molecule has 0 bridgehead atoms. The Morgan fingerprint density at radius 3 is 2.47 bits per heavy atom. The number of hydrogen-bond donors (Lipinski definition) is 0. The summed E-state index contributed by atoms with van der Waals surface area (Å²) in [5, 5.41) is 3.95. The number of methoxy groups -OCH3 is 1. The SMILES string of the molecule is COc1ccc2c(c1)[C@H](c1ccc(C)cc1)N1C(=O)CCN1[C@H](c1ccccc1)O2. The Hall–Kier alpha value is -3.31. The van der Waals surface area contributed by atoms with Crippen LogP contribution < -0.4 is 9.47 Å². The highest BCUT2D eigenvalue weighted by Gasteiger charge is 2.45. The first-order chi connectivity index (χ1) is 14.7. The molecule has 0 N–H and O–H groups in total. The number of hydrogen-bond acceptors (Lipinski definition) is 4. The molecule has 0 radical (unpaired) electrons. The van der Waals surface area contributed by atoms with Crippen molar-refractivity contribution in [2.45, 2.75) is 25.6 Å². The first-order valence-corrected chi connectivity index (χ1v) is 10.2. The smallest absolute Gasteiger partial charge is 0.239 e. The van der Waals surface area contributed by atoms with Crippen LogP contribution >= 0.6 is 0 Å². The number of nitrogens with zero attached hydrogens (tertiary/aromatic N) is 2. The molecule has 5 heteroatoms. The summed E-state index contributed by atoms with van der Waals surface area (Å²) in [6, 6.07) is 24.0. The molecular weight excluding hydrogens is 376 g/mol. The van der Waals surface area contributed by atoms with E-state index < -0.39 is 0 Å². The molecule has 1 fully saturated rings. The first kappa shape index (κ1) is 18.7. The number of hydrazine groups is 1. The van der Waals surface area contributed by atoms with Gasteiger partial charge in [0.1, 0.15) is 17.5 Å². The zero-order valence-electron chi connectivity index (χ0n) is 17.1. The van der Waals surface area contributed by atoms with E-state index in [-0.39, 0.29) is 18.2 Å². The van der Waals surface area contributed by atoms with Crippen molar-refractivity contribution in [3.63, 3.8) is 0 Å². The fourth-order valence-corrected chi connectivity index (χ4v) is 4.31. The van der Waals surface area contributed by atoms with Crippen LogP contribution in [0.1, 0.15) is 40.9 Å². The van der Waals surface area contributed by atoms with Gasteiger partial charge in [0.15, 0.2) is 6.23 Å². The fraction of sp³-hybridized carbons (Fsp3) is 0.240. The molecule has 2 aliphatic rings. The molecule has 30 heavy (non-hydrogen) atoms. The first-order valence-electron chi connectivity index (χ1n) is 10.2. The van der Waals surface area contributed by atoms with Crippen molar-refractivity contribution in [3.8, 4) is 11.5 Å². The second-order valence-electron chi connectivity index (χ2n) is 7.75. The normalized spacial score (nSPS) is 20.9. The van der Waals surface area contributed by atoms with Gasteiger partial charge in [0.2, 0.25) is 5.91 Å². The minimum Gasteiger partial charge on any atom is -0.497 e. The van der Waals surface area contributed by atoms with Crippen LogP contribution in [0.4, 0.5) is 0 Å². The summed E-state index contributed by atoms with van der Waals surface area (Å²) < 4.78 is 12.1. The second kappa shape index (κ2) is 7.50. The molecule has 0 saturated carbocycles. The Kier molecular flexibility index (Phi) is 4.68. The molecule has 2 aliphatic heterocycles. The highest BCUT2D eigenvalue weighted by Crippen LogP contribution is 2.46. The van der Waals surface area contributed by atoms with Crippen molar-refractivity contribution < 1.29 is 14.3 Å². The molecule has 2 heterocycles. The lowest BCUT2D eigenvalue weighted by molar-refractivity contribution is -0.154. The lowest BCUT2D eigenvalue weighted by Crippen LogP contribution is -2.44. The van der Waals surface area contributed by atoms with Crippen LogP contribution in [0.2, 0.25) is 0 Å². The highest BCUT2D eigenvalue weighted by atomic mass is 16.5. The lowest BCUT2D eigenvalue weighted by Gasteiger charge is -2.36. The molecular formula is C25H24N2O3. The summed E-state index contributed by atoms with van der Waals surface area (Å²) >= 11 is 0. The largest absolute Gasteiger partial charge is 0.497 e. The third kappa shape index (κ3) is 3.12. The molecule has 152 valence electrons. The Balaban J connectivity index is 1.72. The van der Waals surface area contributed by atoms with Gasteiger partial charge < -0.3 is 9.47 Å². The highest BCUT2D eigenvalue weighted by molar-refractivity contribution is 5.79. The Morgan fingerprint density at radius 1 is 0.967 bits per heavy atom. The topological polar surface area (TPSA) is 42.0 Å². The van der Waals surface area contributed by atoms with Crippen LogP contribution in [0.3, 0.4) is 0 Å². The van der Waals surface area contributed by atoms with Crippen LogP contribution in [0.15, 0.2) is 72.8 Å². The average molecular weight is 400 g/mol. The van der Waals surface area contributed by atoms with Gasteiger partial charge in [-0.3, -0.25) is 9.80 Å². The number of rotatable bonds is 3. The van der Waals surface area contributed by atoms with Crippen LogP contribution in [-0.4, -0.2) is 29.6 Å². The van der Waals surface area contributed by atoms with Crippen LogP contribution in [0.25, 0.3) is 0 Å². The van der Waals surface area contributed by atoms with E-state index in [1.165, 1.54) is 5.56 Å². The molecule has 5 rings (SSSR count). The van der Waals surface area contributed by atoms with Crippen molar-refractivity contribution in [3.05, 3.63) is 95.1 Å². The summed E-state index contributed by atoms with van der Waals surface area (Å²) in [6.45, 7) is 2.68. The van der Waals surface area contributed by atoms with Gasteiger partial charge in [-0.1, -0.05) is 60.2 Å². The summed E-state index contributed by atoms with van der Waals surface area (Å²) in [4.78, 5) is 13.2. The van der Waals surface area contributed by atoms with E-state index in [4.69, 9.17) is 9.47 Å². The van der Waals surface area contributed by atoms with E-state index in [1.807, 2.05) is 53.5 Å². The van der Waals surface area contributed by atoms with Crippen LogP contribution in [0.5, 0.6) is 11.5 Å². The van der Waals surface area contributed by atoms with Crippen molar-refractivity contribution in [1.29, 1.82) is 0 Å². The van der Waals surface area contributed by atoms with Gasteiger partial charge in [0, 0.05) is 24.1 Å². The predicted molar refractivity (Wildman–Crippen MR) is 114 cm³/mol. The van der Waals surface area contributed by atoms with E-state index in [9.17, 15) is 4.79 Å². The van der Waals surface area contributed by atoms with Crippen molar-refractivity contribution >= 4 is 5.91 Å². The number of ether oxygens (including phenoxy) is 2. The van der Waals surface area contributed by atoms with Gasteiger partial charge >= 0.3 is 0 Å². The van der Waals surface area contributed by atoms with Crippen molar-refractivity contribution in [2.75, 3.05) is 13.7 Å². The van der Waals surface area contributed by atoms with Gasteiger partial charge in [-0.05, 0) is 30.7 Å². The minimum absolute atomic E-state index is 0.0979. The minimum atomic E-state index is -0.375. The van der Waals surface area contributed by atoms with Gasteiger partial charge in [-0.25, -0.2) is 0 Å². The Labute approximate surface area is 176 Å². The molecule has 1 amide bonds. The summed E-state index contributed by atoms with van der Waals surface area (Å²) in [7, 11) is 1.65. The summed E-state index contributed by atoms with van der Waals surface area (Å²) in [5.74, 6) is 1.60. The lowest BCUT2D eigenvalue weighted by atomic mass is 9.96. The number of amides is 1. The molecule has 2 atom stereocenters. The monoisotopic (exact) mass is 400 g/mol. The van der Waals surface area contributed by atoms with Crippen molar-refractivity contribution in [2.24, 2.45) is 0 Å². The van der Waals surface area contributed by atoms with E-state index in [0.29, 0.717) is 13.0 Å². The number of benzene rings is 3. The second-order valence-corrected chi connectivity index (χ2v) is 7.75. The quantitative estimate of drug-likeness (QED) is 0.643. The molecule has 0 unspecified atom stereocenters. The number of carbonyl (C=O) groups is 1. The molecule has 0 spiro atoms. The van der Waals surface area contributed by atoms with Gasteiger partial charge in [0.25, 0.3) is 0 Å². The maximum Gasteiger partial charge on any atom is 0.239 e. The zero-order chi connectivity index (χ0) is 20.7. The Bertz CT molecular complexity index is 1070. The van der Waals surface area contributed by atoms with E-state index >= 15 is 0 Å². The van der Waals surface area contributed by atoms with Crippen LogP contribution in [0, 0.1) is 6.92 Å². The van der Waals surface area contributed by atoms with Gasteiger partial charge in [-0.15, -0.1) is 0 Å². The molecule has 3 aromatic rings. The van der Waals surface area contributed by atoms with Crippen LogP contribution in [-0.2, 0) is 4.79 Å². The van der Waals surface area contributed by atoms with E-state index in [2.05, 4.69) is 36.2 Å². The maximum absolute atomic E-state index is 13.2. The molecule has 1 saturated heterocycles. The average Bonchev–Trinajstić information content (AvgIpc) is 3.08. The van der Waals surface area contributed by atoms with Crippen molar-refractivity contribution in [1.82, 2.24) is 10.0 Å². The number of carbonyl (C=O) groups excluding carboxylic acids is 1. The molecule has 3 aromatic carbocycles. The molecule has 0 aromatic heterocycles. The van der Waals surface area contributed by atoms with E-state index in [1.54, 1.807) is 7.11 Å². The standard InChI is InChI=1S/C25H24N2O3/c1-17-8-10-18(11-9-17)24-21-16-20(29-2)12-13-22(21)30-25(19-6-4-3-5-7-19)26-15-14-23(28)27(24)26/h3-13,16,24-25H,14-15H2,1-2H3/t24-,25-/m0/s1. The zero-order valence-corrected chi connectivity index (χ0v) is 17.1. The third-order valence-corrected chi connectivity index (χ3v) is 5.83. The number of aryl methyl sites for hydroxylation is 1. The third-order valence-electron chi connectivity index (χ3n) is 5.83. The molecule has 5 nitrogen and oxygen atoms in total. The summed E-state index contributed by atoms with van der Waals surface area (Å²) in [5.41, 5.74) is 4.18. The maximum atomic E-state index is 13.2. The van der Waals surface area contributed by atoms with Gasteiger partial charge in [-0.2, -0.15) is 5.01 Å². The molecule has 0 aliphatic carbocycles. The Morgan fingerprint density at radius 2 is 1.73 bits per heavy atom. The fourth-order valence-electron chi connectivity index (χ4n) is 4.31.